The molecule has 15 heavy (non-hydrogen) atoms. The lowest BCUT2D eigenvalue weighted by molar-refractivity contribution is -0.118. The summed E-state index contributed by atoms with van der Waals surface area (Å²) in [5.41, 5.74) is 5.07. The van der Waals surface area contributed by atoms with Gasteiger partial charge in [-0.3, -0.25) is 4.79 Å². The summed E-state index contributed by atoms with van der Waals surface area (Å²) in [5, 5.41) is 2.72. The maximum Gasteiger partial charge on any atom is 0.317 e. The summed E-state index contributed by atoms with van der Waals surface area (Å²) in [7, 11) is 0. The third kappa shape index (κ3) is 6.76. The van der Waals surface area contributed by atoms with Crippen molar-refractivity contribution in [3.63, 3.8) is 0 Å². The number of nitrogens with two attached hydrogens (primary N) is 1. The second-order valence-electron chi connectivity index (χ2n) is 3.97. The number of nitrogens with zero attached hydrogens (tertiary/aromatic N) is 1. The van der Waals surface area contributed by atoms with Gasteiger partial charge in [-0.15, -0.1) is 0 Å². The third-order valence-corrected chi connectivity index (χ3v) is 1.75. The number of nitrogens with one attached hydrogen (secondary N) is 1. The Hall–Kier alpha value is -1.26. The first-order valence-corrected chi connectivity index (χ1v) is 5.28. The lowest BCUT2D eigenvalue weighted by atomic mass is 10.2. The minimum absolute atomic E-state index is 0.0201. The molecule has 0 aromatic carbocycles. The van der Waals surface area contributed by atoms with E-state index in [1.165, 1.54) is 4.90 Å². The maximum absolute atomic E-state index is 11.6. The van der Waals surface area contributed by atoms with E-state index in [9.17, 15) is 9.59 Å². The van der Waals surface area contributed by atoms with E-state index in [0.29, 0.717) is 19.0 Å². The number of urea groups is 1. The number of hydrogen-bond acceptors (Lipinski definition) is 2. The van der Waals surface area contributed by atoms with Crippen LogP contribution in [-0.2, 0) is 4.79 Å². The second kappa shape index (κ2) is 7.09. The van der Waals surface area contributed by atoms with E-state index in [2.05, 4.69) is 5.32 Å². The summed E-state index contributed by atoms with van der Waals surface area (Å²) in [6, 6.07) is -0.218. The number of carbonyl (C=O) groups excluding carboxylic acids is 2. The molecule has 0 aromatic heterocycles. The molecule has 0 heterocycles. The number of amides is 3. The Kier molecular flexibility index (Phi) is 6.49. The van der Waals surface area contributed by atoms with Crippen molar-refractivity contribution >= 4 is 11.9 Å². The van der Waals surface area contributed by atoms with Gasteiger partial charge in [-0.25, -0.2) is 4.79 Å². The fraction of sp³-hybridized carbons (Fsp3) is 0.800. The highest BCUT2D eigenvalue weighted by Gasteiger charge is 2.15. The summed E-state index contributed by atoms with van der Waals surface area (Å²) in [6.07, 6.45) is 0.873. The van der Waals surface area contributed by atoms with Crippen molar-refractivity contribution < 1.29 is 9.59 Å². The van der Waals surface area contributed by atoms with Gasteiger partial charge in [-0.05, 0) is 12.3 Å². The van der Waals surface area contributed by atoms with Gasteiger partial charge in [0.2, 0.25) is 5.91 Å². The quantitative estimate of drug-likeness (QED) is 0.679. The minimum Gasteiger partial charge on any atom is -0.368 e. The molecule has 3 N–H and O–H groups in total. The molecule has 0 aliphatic heterocycles. The molecule has 0 saturated carbocycles. The molecule has 0 atom stereocenters. The zero-order chi connectivity index (χ0) is 11.8. The lowest BCUT2D eigenvalue weighted by Gasteiger charge is -2.23. The van der Waals surface area contributed by atoms with Crippen molar-refractivity contribution in [3.05, 3.63) is 0 Å². The average molecular weight is 215 g/mol. The van der Waals surface area contributed by atoms with Gasteiger partial charge in [-0.2, -0.15) is 0 Å². The monoisotopic (exact) mass is 215 g/mol. The van der Waals surface area contributed by atoms with Crippen LogP contribution in [0.2, 0.25) is 0 Å². The Morgan fingerprint density at radius 3 is 2.40 bits per heavy atom. The van der Waals surface area contributed by atoms with Gasteiger partial charge in [0.1, 0.15) is 6.54 Å². The molecule has 0 aliphatic carbocycles. The highest BCUT2D eigenvalue weighted by molar-refractivity contribution is 5.82. The Balaban J connectivity index is 4.20. The Morgan fingerprint density at radius 1 is 1.40 bits per heavy atom. The van der Waals surface area contributed by atoms with E-state index >= 15 is 0 Å². The van der Waals surface area contributed by atoms with Gasteiger partial charge >= 0.3 is 6.03 Å². The number of carbonyl (C=O) groups is 2. The smallest absolute Gasteiger partial charge is 0.317 e. The first kappa shape index (κ1) is 13.7. The topological polar surface area (TPSA) is 75.4 Å². The van der Waals surface area contributed by atoms with Crippen LogP contribution in [0.15, 0.2) is 0 Å². The molecule has 3 amide bonds. The molecule has 0 bridgehead atoms. The first-order chi connectivity index (χ1) is 6.97. The van der Waals surface area contributed by atoms with Gasteiger partial charge in [0.05, 0.1) is 0 Å². The highest BCUT2D eigenvalue weighted by atomic mass is 16.2. The van der Waals surface area contributed by atoms with Crippen LogP contribution in [0.5, 0.6) is 0 Å². The van der Waals surface area contributed by atoms with Crippen molar-refractivity contribution in [1.29, 1.82) is 0 Å². The van der Waals surface area contributed by atoms with Gasteiger partial charge in [0.15, 0.2) is 0 Å². The normalized spacial score (nSPS) is 10.1. The molecule has 0 fully saturated rings. The molecule has 0 aliphatic rings. The van der Waals surface area contributed by atoms with Crippen molar-refractivity contribution in [2.45, 2.75) is 27.2 Å². The van der Waals surface area contributed by atoms with Crippen molar-refractivity contribution in [3.8, 4) is 0 Å². The molecule has 0 radical (unpaired) electrons. The Bertz CT molecular complexity index is 217. The average Bonchev–Trinajstić information content (AvgIpc) is 2.11. The zero-order valence-electron chi connectivity index (χ0n) is 9.75. The third-order valence-electron chi connectivity index (χ3n) is 1.75. The van der Waals surface area contributed by atoms with Crippen LogP contribution >= 0.6 is 0 Å². The van der Waals surface area contributed by atoms with Crippen LogP contribution in [0, 0.1) is 5.92 Å². The molecule has 5 nitrogen and oxygen atoms in total. The summed E-state index contributed by atoms with van der Waals surface area (Å²) in [5.74, 6) is -0.168. The predicted molar refractivity (Wildman–Crippen MR) is 59.3 cm³/mol. The van der Waals surface area contributed by atoms with E-state index in [1.54, 1.807) is 0 Å². The zero-order valence-corrected chi connectivity index (χ0v) is 9.75. The van der Waals surface area contributed by atoms with Crippen LogP contribution in [0.25, 0.3) is 0 Å². The molecule has 88 valence electrons. The van der Waals surface area contributed by atoms with E-state index in [0.717, 1.165) is 6.42 Å². The standard InChI is InChI=1S/C10H21N3O2/c1-4-5-12-10(15)13(6-8(2)3)7-9(11)14/h8H,4-7H2,1-3H3,(H2,11,14)(H,12,15). The molecule has 0 unspecified atom stereocenters. The minimum atomic E-state index is -0.484. The molecular weight excluding hydrogens is 194 g/mol. The van der Waals surface area contributed by atoms with Crippen molar-refractivity contribution in [1.82, 2.24) is 10.2 Å². The molecule has 0 aromatic rings. The summed E-state index contributed by atoms with van der Waals surface area (Å²) in [4.78, 5) is 23.8. The number of hydrogen-bond donors (Lipinski definition) is 2. The SMILES string of the molecule is CCCNC(=O)N(CC(N)=O)CC(C)C. The first-order valence-electron chi connectivity index (χ1n) is 5.28. The van der Waals surface area contributed by atoms with Crippen LogP contribution in [0.4, 0.5) is 4.79 Å². The van der Waals surface area contributed by atoms with E-state index in [4.69, 9.17) is 5.73 Å². The molecule has 0 spiro atoms. The fourth-order valence-electron chi connectivity index (χ4n) is 1.19. The molecular formula is C10H21N3O2. The molecule has 0 rings (SSSR count). The Morgan fingerprint density at radius 2 is 2.00 bits per heavy atom. The van der Waals surface area contributed by atoms with Gasteiger partial charge < -0.3 is 16.0 Å². The number of primary amides is 1. The van der Waals surface area contributed by atoms with Crippen LogP contribution in [0.1, 0.15) is 27.2 Å². The Labute approximate surface area is 91.0 Å². The van der Waals surface area contributed by atoms with Gasteiger partial charge in [-0.1, -0.05) is 20.8 Å². The molecule has 5 heteroatoms. The van der Waals surface area contributed by atoms with Crippen molar-refractivity contribution in [2.75, 3.05) is 19.6 Å². The molecule has 0 saturated heterocycles. The van der Waals surface area contributed by atoms with E-state index in [-0.39, 0.29) is 12.6 Å². The van der Waals surface area contributed by atoms with Crippen molar-refractivity contribution in [2.24, 2.45) is 11.7 Å². The van der Waals surface area contributed by atoms with Crippen LogP contribution in [-0.4, -0.2) is 36.5 Å². The number of rotatable bonds is 6. The van der Waals surface area contributed by atoms with Crippen LogP contribution in [0.3, 0.4) is 0 Å². The maximum atomic E-state index is 11.6. The fourth-order valence-corrected chi connectivity index (χ4v) is 1.19. The summed E-state index contributed by atoms with van der Waals surface area (Å²) in [6.45, 7) is 7.09. The second-order valence-corrected chi connectivity index (χ2v) is 3.97. The summed E-state index contributed by atoms with van der Waals surface area (Å²) < 4.78 is 0. The van der Waals surface area contributed by atoms with Crippen LogP contribution < -0.4 is 11.1 Å². The largest absolute Gasteiger partial charge is 0.368 e. The lowest BCUT2D eigenvalue weighted by Crippen LogP contribution is -2.46. The van der Waals surface area contributed by atoms with Gasteiger partial charge in [0.25, 0.3) is 0 Å². The predicted octanol–water partition coefficient (Wildman–Crippen LogP) is 0.549. The highest BCUT2D eigenvalue weighted by Crippen LogP contribution is 1.98. The summed E-state index contributed by atoms with van der Waals surface area (Å²) >= 11 is 0. The van der Waals surface area contributed by atoms with E-state index < -0.39 is 5.91 Å². The van der Waals surface area contributed by atoms with E-state index in [1.807, 2.05) is 20.8 Å². The van der Waals surface area contributed by atoms with Gasteiger partial charge in [0, 0.05) is 13.1 Å².